The molecule has 0 spiro atoms. The van der Waals surface area contributed by atoms with E-state index in [1.165, 1.54) is 7.11 Å². The Hall–Kier alpha value is -4.55. The zero-order valence-electron chi connectivity index (χ0n) is 23.4. The number of carbonyl (C=O) groups is 1. The smallest absolute Gasteiger partial charge is 0.184 e. The summed E-state index contributed by atoms with van der Waals surface area (Å²) in [5.41, 5.74) is 2.70. The molecular formula is C29H33N7O5. The number of methoxy groups -OCH3 is 2. The number of carbonyl (C=O) groups excluding carboxylic acids is 1. The molecule has 0 radical (unpaired) electrons. The Kier molecular flexibility index (Phi) is 8.41. The van der Waals surface area contributed by atoms with Gasteiger partial charge in [-0.15, -0.1) is 0 Å². The molecule has 41 heavy (non-hydrogen) atoms. The Labute approximate surface area is 237 Å². The van der Waals surface area contributed by atoms with Crippen molar-refractivity contribution < 1.29 is 24.1 Å². The number of Topliss-reactive ketones (excluding diaryl/α,β-unsaturated/α-hetero) is 1. The van der Waals surface area contributed by atoms with Gasteiger partial charge >= 0.3 is 0 Å². The highest BCUT2D eigenvalue weighted by Gasteiger charge is 2.33. The van der Waals surface area contributed by atoms with Gasteiger partial charge < -0.3 is 29.5 Å². The average molecular weight is 560 g/mol. The number of anilines is 4. The van der Waals surface area contributed by atoms with Crippen molar-refractivity contribution in [2.75, 3.05) is 44.7 Å². The molecule has 12 heteroatoms. The summed E-state index contributed by atoms with van der Waals surface area (Å²) in [7, 11) is 6.82. The number of pyridine rings is 2. The maximum atomic E-state index is 13.3. The van der Waals surface area contributed by atoms with E-state index in [0.29, 0.717) is 40.2 Å². The van der Waals surface area contributed by atoms with Crippen LogP contribution in [0.25, 0.3) is 11.4 Å². The van der Waals surface area contributed by atoms with Crippen molar-refractivity contribution in [2.24, 2.45) is 13.0 Å². The van der Waals surface area contributed by atoms with E-state index in [2.05, 4.69) is 25.4 Å². The maximum absolute atomic E-state index is 13.3. The van der Waals surface area contributed by atoms with Crippen LogP contribution in [-0.4, -0.2) is 76.2 Å². The molecule has 12 nitrogen and oxygen atoms in total. The van der Waals surface area contributed by atoms with Crippen LogP contribution in [0.2, 0.25) is 0 Å². The number of nitrogens with one attached hydrogen (secondary N) is 1. The number of ether oxygens (including phenoxy) is 3. The van der Waals surface area contributed by atoms with Crippen molar-refractivity contribution in [3.8, 4) is 22.9 Å². The third-order valence-electron chi connectivity index (χ3n) is 6.65. The summed E-state index contributed by atoms with van der Waals surface area (Å²) >= 11 is 0. The monoisotopic (exact) mass is 559 g/mol. The fourth-order valence-electron chi connectivity index (χ4n) is 4.42. The number of aliphatic hydroxyl groups is 1. The fraction of sp³-hybridized carbons (Fsp3) is 0.345. The molecule has 1 aliphatic carbocycles. The second kappa shape index (κ2) is 12.3. The number of aryl methyl sites for hydroxylation is 1. The zero-order valence-corrected chi connectivity index (χ0v) is 23.4. The van der Waals surface area contributed by atoms with Crippen LogP contribution >= 0.6 is 0 Å². The minimum Gasteiger partial charge on any atom is -0.494 e. The lowest BCUT2D eigenvalue weighted by Crippen LogP contribution is -2.22. The second-order valence-corrected chi connectivity index (χ2v) is 9.81. The van der Waals surface area contributed by atoms with Gasteiger partial charge in [0, 0.05) is 39.4 Å². The number of rotatable bonds is 13. The second-order valence-electron chi connectivity index (χ2n) is 9.81. The highest BCUT2D eigenvalue weighted by Crippen LogP contribution is 2.42. The number of hydrogen-bond donors (Lipinski definition) is 2. The molecule has 3 heterocycles. The molecule has 1 aromatic carbocycles. The standard InChI is InChI=1S/C29H33N7O5/c1-35-17-32-29(34-35)21-6-5-7-23(28(21)40-4)36(2)24-12-26(31-14-22(24)27(38)18-8-9-18)33-25-11-10-20(13-30-25)41-16-19(37)15-39-3/h5-7,10-14,17-19,37H,8-9,15-16H2,1-4H3,(H,30,31,33)/t19-/m1/s1. The Morgan fingerprint density at radius 3 is 2.56 bits per heavy atom. The molecule has 1 aliphatic rings. The van der Waals surface area contributed by atoms with Crippen molar-refractivity contribution in [1.82, 2.24) is 24.7 Å². The van der Waals surface area contributed by atoms with Gasteiger partial charge in [0.25, 0.3) is 0 Å². The Morgan fingerprint density at radius 1 is 1.10 bits per heavy atom. The molecule has 1 atom stereocenters. The Balaban J connectivity index is 1.43. The highest BCUT2D eigenvalue weighted by molar-refractivity contribution is 6.05. The molecule has 0 unspecified atom stereocenters. The lowest BCUT2D eigenvalue weighted by atomic mass is 10.1. The number of nitrogens with zero attached hydrogens (tertiary/aromatic N) is 6. The van der Waals surface area contributed by atoms with Crippen LogP contribution in [0, 0.1) is 5.92 Å². The van der Waals surface area contributed by atoms with E-state index in [0.717, 1.165) is 24.1 Å². The van der Waals surface area contributed by atoms with E-state index in [-0.39, 0.29) is 24.9 Å². The molecule has 4 aromatic rings. The Morgan fingerprint density at radius 2 is 1.90 bits per heavy atom. The number of aliphatic hydroxyl groups excluding tert-OH is 1. The summed E-state index contributed by atoms with van der Waals surface area (Å²) < 4.78 is 17.9. The summed E-state index contributed by atoms with van der Waals surface area (Å²) in [4.78, 5) is 28.5. The molecule has 0 aliphatic heterocycles. The summed E-state index contributed by atoms with van der Waals surface area (Å²) in [5.74, 6) is 2.78. The Bertz CT molecular complexity index is 1500. The van der Waals surface area contributed by atoms with Crippen LogP contribution in [0.5, 0.6) is 11.5 Å². The van der Waals surface area contributed by atoms with Gasteiger partial charge in [-0.2, -0.15) is 5.10 Å². The third-order valence-corrected chi connectivity index (χ3v) is 6.65. The largest absolute Gasteiger partial charge is 0.494 e. The first kappa shape index (κ1) is 28.0. The molecule has 5 rings (SSSR count). The lowest BCUT2D eigenvalue weighted by molar-refractivity contribution is 0.0325. The van der Waals surface area contributed by atoms with E-state index in [1.54, 1.807) is 42.6 Å². The van der Waals surface area contributed by atoms with Crippen molar-refractivity contribution in [3.05, 3.63) is 60.7 Å². The van der Waals surface area contributed by atoms with Crippen molar-refractivity contribution in [3.63, 3.8) is 0 Å². The topological polar surface area (TPSA) is 137 Å². The summed E-state index contributed by atoms with van der Waals surface area (Å²) in [6, 6.07) is 11.1. The van der Waals surface area contributed by atoms with Gasteiger partial charge in [0.05, 0.1) is 42.4 Å². The molecule has 1 saturated carbocycles. The predicted molar refractivity (Wildman–Crippen MR) is 153 cm³/mol. The number of aromatic nitrogens is 5. The normalized spacial score (nSPS) is 13.5. The molecular weight excluding hydrogens is 526 g/mol. The molecule has 0 saturated heterocycles. The van der Waals surface area contributed by atoms with Crippen LogP contribution in [-0.2, 0) is 11.8 Å². The first-order valence-corrected chi connectivity index (χ1v) is 13.2. The van der Waals surface area contributed by atoms with Gasteiger partial charge in [-0.3, -0.25) is 9.48 Å². The van der Waals surface area contributed by atoms with Crippen LogP contribution < -0.4 is 19.7 Å². The molecule has 214 valence electrons. The quantitative estimate of drug-likeness (QED) is 0.232. The third kappa shape index (κ3) is 6.44. The minimum atomic E-state index is -0.728. The van der Waals surface area contributed by atoms with Crippen molar-refractivity contribution in [1.29, 1.82) is 0 Å². The zero-order chi connectivity index (χ0) is 28.9. The molecule has 3 aromatic heterocycles. The minimum absolute atomic E-state index is 0.0188. The van der Waals surface area contributed by atoms with Gasteiger partial charge in [0.15, 0.2) is 17.4 Å². The van der Waals surface area contributed by atoms with Crippen LogP contribution in [0.3, 0.4) is 0 Å². The molecule has 0 bridgehead atoms. The van der Waals surface area contributed by atoms with Crippen LogP contribution in [0.1, 0.15) is 23.2 Å². The first-order chi connectivity index (χ1) is 19.9. The van der Waals surface area contributed by atoms with Crippen LogP contribution in [0.4, 0.5) is 23.0 Å². The molecule has 1 fully saturated rings. The predicted octanol–water partition coefficient (Wildman–Crippen LogP) is 3.77. The van der Waals surface area contributed by atoms with E-state index in [4.69, 9.17) is 14.2 Å². The lowest BCUT2D eigenvalue weighted by Gasteiger charge is -2.25. The number of hydrogen-bond acceptors (Lipinski definition) is 11. The van der Waals surface area contributed by atoms with Gasteiger partial charge in [-0.05, 0) is 37.1 Å². The maximum Gasteiger partial charge on any atom is 0.184 e. The van der Waals surface area contributed by atoms with Gasteiger partial charge in [0.1, 0.15) is 36.4 Å². The van der Waals surface area contributed by atoms with Gasteiger partial charge in [-0.1, -0.05) is 6.07 Å². The first-order valence-electron chi connectivity index (χ1n) is 13.2. The summed E-state index contributed by atoms with van der Waals surface area (Å²) in [6.45, 7) is 0.280. The van der Waals surface area contributed by atoms with Crippen molar-refractivity contribution in [2.45, 2.75) is 18.9 Å². The van der Waals surface area contributed by atoms with E-state index in [1.807, 2.05) is 43.3 Å². The average Bonchev–Trinajstić information content (AvgIpc) is 3.75. The fourth-order valence-corrected chi connectivity index (χ4v) is 4.42. The van der Waals surface area contributed by atoms with Crippen LogP contribution in [0.15, 0.2) is 55.1 Å². The van der Waals surface area contributed by atoms with E-state index < -0.39 is 6.10 Å². The number of ketones is 1. The number of para-hydroxylation sites is 1. The summed E-state index contributed by atoms with van der Waals surface area (Å²) in [6.07, 6.45) is 5.84. The van der Waals surface area contributed by atoms with Gasteiger partial charge in [-0.25, -0.2) is 15.0 Å². The summed E-state index contributed by atoms with van der Waals surface area (Å²) in [5, 5.41) is 17.4. The van der Waals surface area contributed by atoms with E-state index in [9.17, 15) is 9.90 Å². The van der Waals surface area contributed by atoms with Gasteiger partial charge in [0.2, 0.25) is 0 Å². The molecule has 2 N–H and O–H groups in total. The van der Waals surface area contributed by atoms with E-state index >= 15 is 0 Å². The van der Waals surface area contributed by atoms with Crippen molar-refractivity contribution >= 4 is 28.8 Å². The number of benzene rings is 1. The molecule has 0 amide bonds. The SMILES string of the molecule is COC[C@@H](O)COc1ccc(Nc2cc(N(C)c3cccc(-c4ncn(C)n4)c3OC)c(C(=O)C3CC3)cn2)nc1. The highest BCUT2D eigenvalue weighted by atomic mass is 16.5.